The summed E-state index contributed by atoms with van der Waals surface area (Å²) in [6.45, 7) is 0.584. The lowest BCUT2D eigenvalue weighted by atomic mass is 9.97. The fourth-order valence-corrected chi connectivity index (χ4v) is 2.40. The molecule has 1 aromatic rings. The summed E-state index contributed by atoms with van der Waals surface area (Å²) in [5, 5.41) is 42.7. The molecule has 10 heteroatoms. The van der Waals surface area contributed by atoms with Gasteiger partial charge in [-0.3, -0.25) is 14.9 Å². The van der Waals surface area contributed by atoms with Gasteiger partial charge in [0.2, 0.25) is 12.2 Å². The van der Waals surface area contributed by atoms with Crippen LogP contribution in [0.4, 0.5) is 5.69 Å². The fraction of sp³-hybridized carbons (Fsp3) is 0.500. The number of benzene rings is 1. The number of rotatable bonds is 5. The highest BCUT2D eigenvalue weighted by molar-refractivity contribution is 5.73. The van der Waals surface area contributed by atoms with Crippen LogP contribution in [0, 0.1) is 10.1 Å². The van der Waals surface area contributed by atoms with E-state index in [0.717, 1.165) is 0 Å². The molecule has 0 aliphatic carbocycles. The molecule has 1 amide bonds. The zero-order valence-corrected chi connectivity index (χ0v) is 12.7. The van der Waals surface area contributed by atoms with E-state index in [1.807, 2.05) is 0 Å². The van der Waals surface area contributed by atoms with Crippen molar-refractivity contribution >= 4 is 11.6 Å². The largest absolute Gasteiger partial charge is 0.455 e. The summed E-state index contributed by atoms with van der Waals surface area (Å²) in [4.78, 5) is 21.7. The van der Waals surface area contributed by atoms with E-state index >= 15 is 0 Å². The Bertz CT molecular complexity index is 610. The first-order valence-electron chi connectivity index (χ1n) is 7.14. The monoisotopic (exact) mass is 342 g/mol. The van der Waals surface area contributed by atoms with Gasteiger partial charge in [-0.05, 0) is 6.07 Å². The zero-order chi connectivity index (χ0) is 17.9. The van der Waals surface area contributed by atoms with Crippen LogP contribution in [0.3, 0.4) is 0 Å². The quantitative estimate of drug-likeness (QED) is 0.389. The summed E-state index contributed by atoms with van der Waals surface area (Å²) in [6, 6.07) is 4.33. The number of amides is 1. The highest BCUT2D eigenvalue weighted by Gasteiger charge is 2.46. The highest BCUT2D eigenvalue weighted by Crippen LogP contribution is 2.30. The van der Waals surface area contributed by atoms with Gasteiger partial charge in [0.15, 0.2) is 5.75 Å². The molecule has 0 saturated carbocycles. The molecule has 1 aliphatic heterocycles. The lowest BCUT2D eigenvalue weighted by molar-refractivity contribution is -0.386. The van der Waals surface area contributed by atoms with E-state index in [0.29, 0.717) is 0 Å². The van der Waals surface area contributed by atoms with Gasteiger partial charge in [-0.1, -0.05) is 12.1 Å². The number of carbonyl (C=O) groups excluding carboxylic acids is 1. The number of nitrogens with one attached hydrogen (secondary N) is 1. The van der Waals surface area contributed by atoms with Crippen molar-refractivity contribution in [1.82, 2.24) is 5.32 Å². The van der Waals surface area contributed by atoms with Crippen molar-refractivity contribution in [2.75, 3.05) is 6.61 Å². The van der Waals surface area contributed by atoms with E-state index in [2.05, 4.69) is 5.32 Å². The molecule has 1 fully saturated rings. The van der Waals surface area contributed by atoms with E-state index in [1.54, 1.807) is 0 Å². The minimum absolute atomic E-state index is 0.136. The minimum atomic E-state index is -1.49. The smallest absolute Gasteiger partial charge is 0.311 e. The molecular formula is C14H18N2O8. The molecule has 5 atom stereocenters. The Morgan fingerprint density at radius 3 is 2.62 bits per heavy atom. The molecule has 0 unspecified atom stereocenters. The third-order valence-corrected chi connectivity index (χ3v) is 3.56. The van der Waals surface area contributed by atoms with Gasteiger partial charge in [0.1, 0.15) is 24.4 Å². The van der Waals surface area contributed by atoms with Crippen LogP contribution in [-0.4, -0.2) is 63.4 Å². The Hall–Kier alpha value is -2.27. The predicted molar refractivity (Wildman–Crippen MR) is 79.1 cm³/mol. The van der Waals surface area contributed by atoms with Crippen LogP contribution in [0.1, 0.15) is 6.92 Å². The minimum Gasteiger partial charge on any atom is -0.455 e. The molecule has 0 aromatic heterocycles. The second-order valence-electron chi connectivity index (χ2n) is 5.28. The first-order chi connectivity index (χ1) is 11.3. The van der Waals surface area contributed by atoms with Crippen molar-refractivity contribution in [2.24, 2.45) is 0 Å². The maximum atomic E-state index is 11.3. The normalized spacial score (nSPS) is 29.8. The van der Waals surface area contributed by atoms with E-state index < -0.39 is 48.1 Å². The molecule has 0 radical (unpaired) electrons. The predicted octanol–water partition coefficient (Wildman–Crippen LogP) is -1.08. The molecule has 0 spiro atoms. The summed E-state index contributed by atoms with van der Waals surface area (Å²) >= 11 is 0. The van der Waals surface area contributed by atoms with Gasteiger partial charge >= 0.3 is 5.69 Å². The van der Waals surface area contributed by atoms with Crippen LogP contribution >= 0.6 is 0 Å². The molecule has 10 nitrogen and oxygen atoms in total. The van der Waals surface area contributed by atoms with Gasteiger partial charge in [-0.15, -0.1) is 0 Å². The number of carbonyl (C=O) groups is 1. The number of nitro benzene ring substituents is 1. The maximum absolute atomic E-state index is 11.3. The number of hydrogen-bond donors (Lipinski definition) is 4. The number of para-hydroxylation sites is 2. The van der Waals surface area contributed by atoms with Crippen LogP contribution in [0.5, 0.6) is 5.75 Å². The number of hydrogen-bond acceptors (Lipinski definition) is 8. The molecule has 2 rings (SSSR count). The average molecular weight is 342 g/mol. The lowest BCUT2D eigenvalue weighted by Gasteiger charge is -2.41. The van der Waals surface area contributed by atoms with Crippen molar-refractivity contribution in [3.05, 3.63) is 34.4 Å². The van der Waals surface area contributed by atoms with Gasteiger partial charge in [-0.25, -0.2) is 0 Å². The summed E-state index contributed by atoms with van der Waals surface area (Å²) in [6.07, 6.45) is -5.46. The molecule has 24 heavy (non-hydrogen) atoms. The molecular weight excluding hydrogens is 324 g/mol. The molecule has 1 heterocycles. The van der Waals surface area contributed by atoms with Crippen LogP contribution in [0.2, 0.25) is 0 Å². The topological polar surface area (TPSA) is 151 Å². The summed E-state index contributed by atoms with van der Waals surface area (Å²) < 4.78 is 10.8. The number of nitrogens with zero attached hydrogens (tertiary/aromatic N) is 1. The number of aliphatic hydroxyl groups excluding tert-OH is 3. The van der Waals surface area contributed by atoms with E-state index in [1.165, 1.54) is 31.2 Å². The third kappa shape index (κ3) is 3.79. The molecule has 4 N–H and O–H groups in total. The van der Waals surface area contributed by atoms with Gasteiger partial charge in [0.25, 0.3) is 0 Å². The standard InChI is InChI=1S/C14H18N2O8/c1-7(18)15-11-13(20)12(19)10(6-17)24-14(11)23-9-5-3-2-4-8(9)16(21)22/h2-5,10-14,17,19-20H,6H2,1H3,(H,15,18)/t10-,11-,12+,13+,14-/m0/s1. The Balaban J connectivity index is 2.30. The van der Waals surface area contributed by atoms with Crippen molar-refractivity contribution in [2.45, 2.75) is 37.6 Å². The summed E-state index contributed by atoms with van der Waals surface area (Å²) in [5.74, 6) is -0.656. The number of aliphatic hydroxyl groups is 3. The highest BCUT2D eigenvalue weighted by atomic mass is 16.7. The Morgan fingerprint density at radius 1 is 1.38 bits per heavy atom. The second kappa shape index (κ2) is 7.53. The molecule has 1 aromatic carbocycles. The van der Waals surface area contributed by atoms with Gasteiger partial charge in [-0.2, -0.15) is 0 Å². The molecule has 1 saturated heterocycles. The first kappa shape index (κ1) is 18.1. The van der Waals surface area contributed by atoms with E-state index in [4.69, 9.17) is 9.47 Å². The Kier molecular flexibility index (Phi) is 5.67. The maximum Gasteiger partial charge on any atom is 0.311 e. The van der Waals surface area contributed by atoms with Crippen LogP contribution < -0.4 is 10.1 Å². The number of ether oxygens (including phenoxy) is 2. The van der Waals surface area contributed by atoms with Crippen molar-refractivity contribution in [3.8, 4) is 5.75 Å². The van der Waals surface area contributed by atoms with Gasteiger partial charge in [0.05, 0.1) is 11.5 Å². The Labute approximate surface area is 136 Å². The molecule has 0 bridgehead atoms. The first-order valence-corrected chi connectivity index (χ1v) is 7.14. The third-order valence-electron chi connectivity index (χ3n) is 3.56. The van der Waals surface area contributed by atoms with Crippen LogP contribution in [0.15, 0.2) is 24.3 Å². The summed E-state index contributed by atoms with van der Waals surface area (Å²) in [5.41, 5.74) is -0.330. The summed E-state index contributed by atoms with van der Waals surface area (Å²) in [7, 11) is 0. The average Bonchev–Trinajstić information content (AvgIpc) is 2.54. The van der Waals surface area contributed by atoms with Crippen molar-refractivity contribution in [1.29, 1.82) is 0 Å². The lowest BCUT2D eigenvalue weighted by Crippen LogP contribution is -2.65. The second-order valence-corrected chi connectivity index (χ2v) is 5.28. The van der Waals surface area contributed by atoms with Gasteiger partial charge in [0, 0.05) is 13.0 Å². The van der Waals surface area contributed by atoms with E-state index in [9.17, 15) is 30.2 Å². The molecule has 132 valence electrons. The zero-order valence-electron chi connectivity index (χ0n) is 12.7. The number of nitro groups is 1. The van der Waals surface area contributed by atoms with Gasteiger partial charge < -0.3 is 30.1 Å². The van der Waals surface area contributed by atoms with Crippen LogP contribution in [-0.2, 0) is 9.53 Å². The van der Waals surface area contributed by atoms with Crippen molar-refractivity contribution in [3.63, 3.8) is 0 Å². The molecule has 1 aliphatic rings. The van der Waals surface area contributed by atoms with Crippen molar-refractivity contribution < 1.29 is 34.5 Å². The fourth-order valence-electron chi connectivity index (χ4n) is 2.40. The van der Waals surface area contributed by atoms with E-state index in [-0.39, 0.29) is 11.4 Å². The Morgan fingerprint density at radius 2 is 2.04 bits per heavy atom. The van der Waals surface area contributed by atoms with Crippen LogP contribution in [0.25, 0.3) is 0 Å². The SMILES string of the molecule is CC(=O)N[C@@H]1[C@@H](Oc2ccccc2[N+](=O)[O-])O[C@@H](CO)[C@@H](O)[C@@H]1O.